The van der Waals surface area contributed by atoms with Gasteiger partial charge < -0.3 is 53.2 Å². The molecule has 0 saturated carbocycles. The van der Waals surface area contributed by atoms with Crippen LogP contribution < -0.4 is 43.0 Å². The molecule has 7 atom stereocenters. The van der Waals surface area contributed by atoms with Crippen LogP contribution in [0.2, 0.25) is 0 Å². The van der Waals surface area contributed by atoms with Crippen LogP contribution in [0.5, 0.6) is 0 Å². The summed E-state index contributed by atoms with van der Waals surface area (Å²) in [6, 6.07) is -5.68. The van der Waals surface area contributed by atoms with E-state index in [1.165, 1.54) is 6.92 Å². The highest BCUT2D eigenvalue weighted by molar-refractivity contribution is 5.97. The second kappa shape index (κ2) is 20.8. The lowest BCUT2D eigenvalue weighted by Crippen LogP contribution is -2.62. The lowest BCUT2D eigenvalue weighted by atomic mass is 9.96. The largest absolute Gasteiger partial charge is 0.480 e. The summed E-state index contributed by atoms with van der Waals surface area (Å²) in [4.78, 5) is 99.8. The van der Waals surface area contributed by atoms with Crippen LogP contribution in [0.15, 0.2) is 0 Å². The van der Waals surface area contributed by atoms with Gasteiger partial charge in [0.15, 0.2) is 0 Å². The van der Waals surface area contributed by atoms with Crippen molar-refractivity contribution in [3.8, 4) is 0 Å². The normalized spacial score (nSPS) is 17.9. The number of nitrogens with two attached hydrogens (primary N) is 1. The molecule has 0 aromatic rings. The van der Waals surface area contributed by atoms with E-state index in [2.05, 4.69) is 37.2 Å². The SMILES string of the molecule is CC[C@H](C)[C@H](NC(=O)[C@H](CCC(N)=O)NC(=O)[C@@H]1CCCN1)C(=O)N[C@H](C(=O)N[C@@H](CC(C)C)C(=O)NCC(=O)NCC(=O)O)[C@@H](C)O. The summed E-state index contributed by atoms with van der Waals surface area (Å²) in [6.45, 7) is 7.70. The Bertz CT molecular complexity index is 1160. The van der Waals surface area contributed by atoms with Gasteiger partial charge >= 0.3 is 5.97 Å². The number of nitrogens with one attached hydrogen (secondary N) is 7. The van der Waals surface area contributed by atoms with Crippen molar-refractivity contribution < 1.29 is 48.6 Å². The molecular formula is C30H52N8O10. The van der Waals surface area contributed by atoms with Gasteiger partial charge in [0.1, 0.15) is 30.7 Å². The van der Waals surface area contributed by atoms with Crippen molar-refractivity contribution in [3.05, 3.63) is 0 Å². The first-order valence-electron chi connectivity index (χ1n) is 16.1. The molecule has 0 spiro atoms. The van der Waals surface area contributed by atoms with Gasteiger partial charge in [-0.3, -0.25) is 38.4 Å². The predicted octanol–water partition coefficient (Wildman–Crippen LogP) is -3.27. The molecule has 1 fully saturated rings. The fourth-order valence-corrected chi connectivity index (χ4v) is 4.83. The highest BCUT2D eigenvalue weighted by Gasteiger charge is 2.36. The van der Waals surface area contributed by atoms with Gasteiger partial charge in [-0.25, -0.2) is 0 Å². The molecule has 0 aliphatic carbocycles. The van der Waals surface area contributed by atoms with Crippen molar-refractivity contribution in [3.63, 3.8) is 0 Å². The highest BCUT2D eigenvalue weighted by atomic mass is 16.4. The Kier molecular flexibility index (Phi) is 18.1. The molecule has 1 aliphatic rings. The topological polar surface area (TPSA) is 287 Å². The van der Waals surface area contributed by atoms with Crippen LogP contribution in [0.3, 0.4) is 0 Å². The predicted molar refractivity (Wildman–Crippen MR) is 171 cm³/mol. The van der Waals surface area contributed by atoms with Crippen LogP contribution >= 0.6 is 0 Å². The number of carbonyl (C=O) groups excluding carboxylic acids is 7. The Morgan fingerprint density at radius 1 is 0.812 bits per heavy atom. The Morgan fingerprint density at radius 2 is 1.44 bits per heavy atom. The smallest absolute Gasteiger partial charge is 0.322 e. The summed E-state index contributed by atoms with van der Waals surface area (Å²) in [5.41, 5.74) is 5.27. The first-order chi connectivity index (χ1) is 22.5. The molecule has 0 aromatic carbocycles. The minimum atomic E-state index is -1.57. The zero-order chi connectivity index (χ0) is 36.6. The van der Waals surface area contributed by atoms with Crippen molar-refractivity contribution in [2.24, 2.45) is 17.6 Å². The molecule has 18 nitrogen and oxygen atoms in total. The molecule has 7 amide bonds. The van der Waals surface area contributed by atoms with Gasteiger partial charge in [-0.05, 0) is 51.0 Å². The average Bonchev–Trinajstić information content (AvgIpc) is 3.56. The molecule has 18 heteroatoms. The van der Waals surface area contributed by atoms with E-state index in [0.29, 0.717) is 19.4 Å². The molecule has 1 saturated heterocycles. The number of hydrogen-bond donors (Lipinski definition) is 10. The van der Waals surface area contributed by atoms with E-state index in [0.717, 1.165) is 6.42 Å². The second-order valence-electron chi connectivity index (χ2n) is 12.4. The maximum absolute atomic E-state index is 13.5. The molecule has 272 valence electrons. The lowest BCUT2D eigenvalue weighted by molar-refractivity contribution is -0.138. The van der Waals surface area contributed by atoms with Crippen LogP contribution in [0.25, 0.3) is 0 Å². The van der Waals surface area contributed by atoms with Crippen molar-refractivity contribution in [2.45, 2.75) is 109 Å². The first kappa shape index (κ1) is 41.7. The number of carboxylic acids is 1. The van der Waals surface area contributed by atoms with Crippen LogP contribution in [0.4, 0.5) is 0 Å². The molecule has 1 aliphatic heterocycles. The number of primary amides is 1. The minimum absolute atomic E-state index is 0.112. The van der Waals surface area contributed by atoms with Gasteiger partial charge in [0, 0.05) is 6.42 Å². The van der Waals surface area contributed by atoms with E-state index >= 15 is 0 Å². The molecule has 0 radical (unpaired) electrons. The number of amides is 7. The third kappa shape index (κ3) is 15.1. The van der Waals surface area contributed by atoms with Crippen molar-refractivity contribution in [1.29, 1.82) is 0 Å². The Hall–Kier alpha value is -4.32. The van der Waals surface area contributed by atoms with E-state index in [-0.39, 0.29) is 25.2 Å². The maximum Gasteiger partial charge on any atom is 0.322 e. The molecular weight excluding hydrogens is 632 g/mol. The number of aliphatic hydroxyl groups excluding tert-OH is 1. The third-order valence-corrected chi connectivity index (χ3v) is 7.75. The number of carboxylic acid groups (broad SMARTS) is 1. The third-order valence-electron chi connectivity index (χ3n) is 7.75. The average molecular weight is 685 g/mol. The van der Waals surface area contributed by atoms with Gasteiger partial charge in [0.05, 0.1) is 18.7 Å². The van der Waals surface area contributed by atoms with Gasteiger partial charge in [0.25, 0.3) is 0 Å². The molecule has 11 N–H and O–H groups in total. The van der Waals surface area contributed by atoms with Gasteiger partial charge in [-0.15, -0.1) is 0 Å². The van der Waals surface area contributed by atoms with E-state index in [9.17, 15) is 43.5 Å². The van der Waals surface area contributed by atoms with Crippen molar-refractivity contribution in [2.75, 3.05) is 19.6 Å². The molecule has 1 rings (SSSR count). The molecule has 1 heterocycles. The fraction of sp³-hybridized carbons (Fsp3) is 0.733. The Balaban J connectivity index is 3.08. The Morgan fingerprint density at radius 3 is 1.96 bits per heavy atom. The van der Waals surface area contributed by atoms with E-state index < -0.39 is 103 Å². The second-order valence-corrected chi connectivity index (χ2v) is 12.4. The number of aliphatic hydroxyl groups is 1. The Labute approximate surface area is 279 Å². The zero-order valence-corrected chi connectivity index (χ0v) is 28.2. The molecule has 0 unspecified atom stereocenters. The summed E-state index contributed by atoms with van der Waals surface area (Å²) in [6.07, 6.45) is 0.0954. The maximum atomic E-state index is 13.5. The number of rotatable bonds is 21. The fourth-order valence-electron chi connectivity index (χ4n) is 4.83. The number of aliphatic carboxylic acids is 1. The van der Waals surface area contributed by atoms with Crippen LogP contribution in [-0.2, 0) is 38.4 Å². The quantitative estimate of drug-likeness (QED) is 0.0572. The zero-order valence-electron chi connectivity index (χ0n) is 28.2. The first-order valence-corrected chi connectivity index (χ1v) is 16.1. The van der Waals surface area contributed by atoms with Crippen LogP contribution in [-0.4, -0.2) is 113 Å². The van der Waals surface area contributed by atoms with E-state index in [4.69, 9.17) is 10.8 Å². The monoisotopic (exact) mass is 684 g/mol. The van der Waals surface area contributed by atoms with Crippen molar-refractivity contribution >= 4 is 47.3 Å². The van der Waals surface area contributed by atoms with Gasteiger partial charge in [-0.2, -0.15) is 0 Å². The highest BCUT2D eigenvalue weighted by Crippen LogP contribution is 2.12. The summed E-state index contributed by atoms with van der Waals surface area (Å²) in [5.74, 6) is -6.99. The minimum Gasteiger partial charge on any atom is -0.480 e. The molecule has 0 bridgehead atoms. The summed E-state index contributed by atoms with van der Waals surface area (Å²) >= 11 is 0. The van der Waals surface area contributed by atoms with Crippen LogP contribution in [0, 0.1) is 11.8 Å². The summed E-state index contributed by atoms with van der Waals surface area (Å²) in [7, 11) is 0. The van der Waals surface area contributed by atoms with Crippen molar-refractivity contribution in [1.82, 2.24) is 37.2 Å². The number of hydrogen-bond acceptors (Lipinski definition) is 10. The standard InChI is InChI=1S/C30H52N8O10/c1-6-16(4)24(37-28(46)19(9-10-21(31)40)35-27(45)18-8-7-11-32-18)29(47)38-25(17(5)39)30(48)36-20(12-15(2)3)26(44)34-13-22(41)33-14-23(42)43/h15-20,24-25,32,39H,6-14H2,1-5H3,(H2,31,40)(H,33,41)(H,34,44)(H,35,45)(H,36,48)(H,37,46)(H,38,47)(H,42,43)/t16-,17+,18-,19-,20-,24-,25-/m0/s1. The summed E-state index contributed by atoms with van der Waals surface area (Å²) in [5, 5.41) is 36.8. The van der Waals surface area contributed by atoms with E-state index in [1.54, 1.807) is 27.7 Å². The molecule has 0 aromatic heterocycles. The summed E-state index contributed by atoms with van der Waals surface area (Å²) < 4.78 is 0. The molecule has 48 heavy (non-hydrogen) atoms. The van der Waals surface area contributed by atoms with E-state index in [1.807, 2.05) is 0 Å². The number of carbonyl (C=O) groups is 8. The lowest BCUT2D eigenvalue weighted by Gasteiger charge is -2.30. The van der Waals surface area contributed by atoms with Crippen LogP contribution in [0.1, 0.15) is 73.1 Å². The van der Waals surface area contributed by atoms with Gasteiger partial charge in [-0.1, -0.05) is 34.1 Å². The van der Waals surface area contributed by atoms with Gasteiger partial charge in [0.2, 0.25) is 41.4 Å².